The van der Waals surface area contributed by atoms with E-state index in [9.17, 15) is 4.79 Å². The number of nitrogens with two attached hydrogens (primary N) is 1. The number of rotatable bonds is 9. The minimum Gasteiger partial charge on any atom is -0.383 e. The summed E-state index contributed by atoms with van der Waals surface area (Å²) in [5, 5.41) is 6.74. The molecule has 0 saturated heterocycles. The Morgan fingerprint density at radius 1 is 1.43 bits per heavy atom. The average molecular weight is 314 g/mol. The summed E-state index contributed by atoms with van der Waals surface area (Å²) in [5.41, 5.74) is 5.83. The number of methoxy groups -OCH3 is 1. The van der Waals surface area contributed by atoms with Crippen molar-refractivity contribution in [3.05, 3.63) is 4.88 Å². The lowest BCUT2D eigenvalue weighted by atomic mass is 9.95. The van der Waals surface area contributed by atoms with Gasteiger partial charge in [-0.3, -0.25) is 4.79 Å². The van der Waals surface area contributed by atoms with E-state index >= 15 is 0 Å². The van der Waals surface area contributed by atoms with Gasteiger partial charge in [-0.05, 0) is 12.8 Å². The van der Waals surface area contributed by atoms with E-state index in [1.165, 1.54) is 11.3 Å². The molecule has 21 heavy (non-hydrogen) atoms. The Bertz CT molecular complexity index is 446. The summed E-state index contributed by atoms with van der Waals surface area (Å²) < 4.78 is 4.96. The molecule has 0 spiro atoms. The maximum absolute atomic E-state index is 12.3. The van der Waals surface area contributed by atoms with Gasteiger partial charge in [0.25, 0.3) is 5.91 Å². The third kappa shape index (κ3) is 5.17. The number of amides is 1. The quantitative estimate of drug-likeness (QED) is 0.609. The van der Waals surface area contributed by atoms with Crippen LogP contribution in [0, 0.1) is 5.92 Å². The molecule has 1 unspecified atom stereocenters. The van der Waals surface area contributed by atoms with Gasteiger partial charge in [0.05, 0.1) is 6.61 Å². The van der Waals surface area contributed by atoms with Gasteiger partial charge in [-0.2, -0.15) is 0 Å². The summed E-state index contributed by atoms with van der Waals surface area (Å²) in [4.78, 5) is 16.9. The predicted octanol–water partition coefficient (Wildman–Crippen LogP) is 2.34. The standard InChI is InChI=1S/C14H26N4O2S/c1-5-10(6-2)9(3)17-13(19)11-12(15)18-14(21-11)16-7-8-20-4/h9-10H,5-8,15H2,1-4H3,(H,16,18)(H,17,19). The zero-order chi connectivity index (χ0) is 15.8. The van der Waals surface area contributed by atoms with Crippen molar-refractivity contribution in [1.29, 1.82) is 0 Å². The smallest absolute Gasteiger partial charge is 0.265 e. The predicted molar refractivity (Wildman–Crippen MR) is 87.9 cm³/mol. The van der Waals surface area contributed by atoms with Gasteiger partial charge in [0, 0.05) is 19.7 Å². The summed E-state index contributed by atoms with van der Waals surface area (Å²) in [6, 6.07) is 0.124. The van der Waals surface area contributed by atoms with Gasteiger partial charge >= 0.3 is 0 Å². The molecule has 1 atom stereocenters. The van der Waals surface area contributed by atoms with Crippen molar-refractivity contribution in [2.75, 3.05) is 31.3 Å². The molecule has 6 nitrogen and oxygen atoms in total. The van der Waals surface area contributed by atoms with E-state index in [0.29, 0.717) is 29.1 Å². The maximum atomic E-state index is 12.3. The van der Waals surface area contributed by atoms with Crippen molar-refractivity contribution in [2.45, 2.75) is 39.7 Å². The van der Waals surface area contributed by atoms with Crippen LogP contribution in [0.4, 0.5) is 10.9 Å². The van der Waals surface area contributed by atoms with Gasteiger partial charge < -0.3 is 21.1 Å². The largest absolute Gasteiger partial charge is 0.383 e. The van der Waals surface area contributed by atoms with E-state index in [2.05, 4.69) is 29.5 Å². The Hall–Kier alpha value is -1.34. The first-order valence-electron chi connectivity index (χ1n) is 7.33. The first-order valence-corrected chi connectivity index (χ1v) is 8.15. The maximum Gasteiger partial charge on any atom is 0.265 e. The fourth-order valence-corrected chi connectivity index (χ4v) is 3.03. The highest BCUT2D eigenvalue weighted by atomic mass is 32.1. The molecule has 0 saturated carbocycles. The van der Waals surface area contributed by atoms with E-state index in [1.54, 1.807) is 7.11 Å². The van der Waals surface area contributed by atoms with E-state index in [4.69, 9.17) is 10.5 Å². The van der Waals surface area contributed by atoms with E-state index < -0.39 is 0 Å². The fraction of sp³-hybridized carbons (Fsp3) is 0.714. The lowest BCUT2D eigenvalue weighted by molar-refractivity contribution is 0.0930. The van der Waals surface area contributed by atoms with Crippen LogP contribution in [0.2, 0.25) is 0 Å². The molecule has 1 aromatic heterocycles. The summed E-state index contributed by atoms with van der Waals surface area (Å²) in [6.45, 7) is 7.51. The van der Waals surface area contributed by atoms with Crippen LogP contribution in [-0.4, -0.2) is 37.2 Å². The lowest BCUT2D eigenvalue weighted by Crippen LogP contribution is -2.37. The molecule has 0 fully saturated rings. The number of nitrogens with one attached hydrogen (secondary N) is 2. The van der Waals surface area contributed by atoms with Crippen LogP contribution < -0.4 is 16.4 Å². The second kappa shape index (κ2) is 8.84. The highest BCUT2D eigenvalue weighted by Gasteiger charge is 2.21. The SMILES string of the molecule is CCC(CC)C(C)NC(=O)c1sc(NCCOC)nc1N. The number of anilines is 2. The number of carbonyl (C=O) groups is 1. The molecule has 1 rings (SSSR count). The van der Waals surface area contributed by atoms with E-state index in [-0.39, 0.29) is 17.8 Å². The number of nitrogen functional groups attached to an aromatic ring is 1. The van der Waals surface area contributed by atoms with Crippen molar-refractivity contribution in [3.63, 3.8) is 0 Å². The Labute approximate surface area is 130 Å². The molecule has 0 aliphatic carbocycles. The Morgan fingerprint density at radius 2 is 2.10 bits per heavy atom. The molecule has 0 aliphatic rings. The van der Waals surface area contributed by atoms with Crippen LogP contribution in [-0.2, 0) is 4.74 Å². The minimum absolute atomic E-state index is 0.124. The van der Waals surface area contributed by atoms with Crippen molar-refractivity contribution < 1.29 is 9.53 Å². The fourth-order valence-electron chi connectivity index (χ4n) is 2.22. The summed E-state index contributed by atoms with van der Waals surface area (Å²) in [5.74, 6) is 0.598. The van der Waals surface area contributed by atoms with Crippen LogP contribution in [0.15, 0.2) is 0 Å². The van der Waals surface area contributed by atoms with Crippen molar-refractivity contribution in [1.82, 2.24) is 10.3 Å². The first kappa shape index (κ1) is 17.7. The van der Waals surface area contributed by atoms with Gasteiger partial charge in [0.1, 0.15) is 10.7 Å². The Kier molecular flexibility index (Phi) is 7.45. The molecule has 4 N–H and O–H groups in total. The van der Waals surface area contributed by atoms with Crippen molar-refractivity contribution in [2.24, 2.45) is 5.92 Å². The molecule has 120 valence electrons. The minimum atomic E-state index is -0.149. The number of hydrogen-bond donors (Lipinski definition) is 3. The Balaban J connectivity index is 2.65. The second-order valence-corrected chi connectivity index (χ2v) is 5.99. The van der Waals surface area contributed by atoms with Crippen LogP contribution in [0.5, 0.6) is 0 Å². The number of hydrogen-bond acceptors (Lipinski definition) is 6. The molecular weight excluding hydrogens is 288 g/mol. The van der Waals surface area contributed by atoms with E-state index in [0.717, 1.165) is 12.8 Å². The monoisotopic (exact) mass is 314 g/mol. The number of carbonyl (C=O) groups excluding carboxylic acids is 1. The number of nitrogens with zero attached hydrogens (tertiary/aromatic N) is 1. The molecule has 1 aromatic rings. The summed E-state index contributed by atoms with van der Waals surface area (Å²) >= 11 is 1.27. The molecular formula is C14H26N4O2S. The normalized spacial score (nSPS) is 12.4. The molecule has 1 amide bonds. The van der Waals surface area contributed by atoms with Crippen LogP contribution >= 0.6 is 11.3 Å². The molecule has 0 radical (unpaired) electrons. The van der Waals surface area contributed by atoms with Crippen molar-refractivity contribution >= 4 is 28.2 Å². The molecule has 0 aliphatic heterocycles. The number of ether oxygens (including phenoxy) is 1. The van der Waals surface area contributed by atoms with Crippen molar-refractivity contribution in [3.8, 4) is 0 Å². The molecule has 0 aromatic carbocycles. The third-order valence-corrected chi connectivity index (χ3v) is 4.58. The second-order valence-electron chi connectivity index (χ2n) is 4.99. The zero-order valence-corrected chi connectivity index (χ0v) is 14.0. The van der Waals surface area contributed by atoms with Crippen LogP contribution in [0.25, 0.3) is 0 Å². The van der Waals surface area contributed by atoms with Gasteiger partial charge in [-0.1, -0.05) is 38.0 Å². The van der Waals surface area contributed by atoms with Crippen LogP contribution in [0.1, 0.15) is 43.3 Å². The van der Waals surface area contributed by atoms with Gasteiger partial charge in [-0.25, -0.2) is 4.98 Å². The molecule has 0 bridgehead atoms. The average Bonchev–Trinajstić information content (AvgIpc) is 2.81. The van der Waals surface area contributed by atoms with Gasteiger partial charge in [-0.15, -0.1) is 0 Å². The molecule has 1 heterocycles. The Morgan fingerprint density at radius 3 is 2.67 bits per heavy atom. The molecule has 7 heteroatoms. The van der Waals surface area contributed by atoms with Crippen LogP contribution in [0.3, 0.4) is 0 Å². The van der Waals surface area contributed by atoms with Gasteiger partial charge in [0.15, 0.2) is 5.13 Å². The summed E-state index contributed by atoms with van der Waals surface area (Å²) in [6.07, 6.45) is 2.08. The third-order valence-electron chi connectivity index (χ3n) is 3.56. The number of aromatic nitrogens is 1. The zero-order valence-electron chi connectivity index (χ0n) is 13.2. The highest BCUT2D eigenvalue weighted by molar-refractivity contribution is 7.18. The first-order chi connectivity index (χ1) is 10.0. The lowest BCUT2D eigenvalue weighted by Gasteiger charge is -2.22. The number of thiazole rings is 1. The van der Waals surface area contributed by atoms with E-state index in [1.807, 2.05) is 6.92 Å². The van der Waals surface area contributed by atoms with Gasteiger partial charge in [0.2, 0.25) is 0 Å². The summed E-state index contributed by atoms with van der Waals surface area (Å²) in [7, 11) is 1.63. The topological polar surface area (TPSA) is 89.3 Å². The highest BCUT2D eigenvalue weighted by Crippen LogP contribution is 2.25.